The van der Waals surface area contributed by atoms with E-state index >= 15 is 0 Å². The summed E-state index contributed by atoms with van der Waals surface area (Å²) in [6.07, 6.45) is 0. The Labute approximate surface area is 51.7 Å². The molecule has 1 aromatic rings. The first-order valence-electron chi connectivity index (χ1n) is 2.39. The number of aromatic hydroxyl groups is 2. The van der Waals surface area contributed by atoms with E-state index < -0.39 is 0 Å². The van der Waals surface area contributed by atoms with E-state index in [9.17, 15) is 0 Å². The molecule has 50 valence electrons. The first-order valence-corrected chi connectivity index (χ1v) is 2.39. The Morgan fingerprint density at radius 3 is 2.44 bits per heavy atom. The fourth-order valence-electron chi connectivity index (χ4n) is 0.567. The molecule has 0 fully saturated rings. The second-order valence-electron chi connectivity index (χ2n) is 1.57. The lowest BCUT2D eigenvalue weighted by atomic mass is 10.6. The van der Waals surface area contributed by atoms with Crippen LogP contribution in [0.3, 0.4) is 0 Å². The summed E-state index contributed by atoms with van der Waals surface area (Å²) in [6, 6.07) is 1.29. The van der Waals surface area contributed by atoms with E-state index in [1.807, 2.05) is 0 Å². The molecule has 0 saturated heterocycles. The van der Waals surface area contributed by atoms with Crippen LogP contribution in [0.25, 0.3) is 0 Å². The Bertz CT molecular complexity index is 206. The average molecular weight is 129 g/mol. The smallest absolute Gasteiger partial charge is 0.235 e. The molecule has 0 radical (unpaired) electrons. The van der Waals surface area contributed by atoms with E-state index in [0.29, 0.717) is 0 Å². The van der Waals surface area contributed by atoms with E-state index in [4.69, 9.17) is 10.2 Å². The summed E-state index contributed by atoms with van der Waals surface area (Å²) in [5.74, 6) is -0.0214. The second kappa shape index (κ2) is 1.89. The summed E-state index contributed by atoms with van der Waals surface area (Å²) in [5.41, 5.74) is 0. The van der Waals surface area contributed by atoms with E-state index in [1.165, 1.54) is 13.2 Å². The molecule has 0 aliphatic rings. The SMILES string of the molecule is COc1cc(O)[nH]c1O. The summed E-state index contributed by atoms with van der Waals surface area (Å²) in [6.45, 7) is 0. The standard InChI is InChI=1S/C5H7NO3/c1-9-3-2-4(7)6-5(3)8/h2,6-8H,1H3. The second-order valence-corrected chi connectivity index (χ2v) is 1.57. The molecule has 0 atom stereocenters. The summed E-state index contributed by atoms with van der Waals surface area (Å²) >= 11 is 0. The Morgan fingerprint density at radius 2 is 2.22 bits per heavy atom. The molecule has 1 heterocycles. The largest absolute Gasteiger partial charge is 0.494 e. The Hall–Kier alpha value is -1.32. The first-order chi connectivity index (χ1) is 4.24. The normalized spacial score (nSPS) is 9.44. The molecule has 0 bridgehead atoms. The maximum Gasteiger partial charge on any atom is 0.235 e. The molecule has 3 N–H and O–H groups in total. The third kappa shape index (κ3) is 0.910. The number of H-pyrrole nitrogens is 1. The maximum absolute atomic E-state index is 8.79. The molecular weight excluding hydrogens is 122 g/mol. The van der Waals surface area contributed by atoms with Crippen molar-refractivity contribution in [1.29, 1.82) is 0 Å². The van der Waals surface area contributed by atoms with Crippen LogP contribution < -0.4 is 4.74 Å². The molecule has 0 amide bonds. The van der Waals surface area contributed by atoms with Crippen molar-refractivity contribution in [3.8, 4) is 17.5 Å². The van der Waals surface area contributed by atoms with Gasteiger partial charge in [-0.1, -0.05) is 0 Å². The molecule has 4 nitrogen and oxygen atoms in total. The Kier molecular flexibility index (Phi) is 1.22. The highest BCUT2D eigenvalue weighted by molar-refractivity contribution is 5.38. The topological polar surface area (TPSA) is 65.5 Å². The maximum atomic E-state index is 8.79. The highest BCUT2D eigenvalue weighted by Gasteiger charge is 2.03. The molecule has 0 aliphatic carbocycles. The fourth-order valence-corrected chi connectivity index (χ4v) is 0.567. The molecule has 1 rings (SSSR count). The monoisotopic (exact) mass is 129 g/mol. The van der Waals surface area contributed by atoms with Crippen LogP contribution in [0.5, 0.6) is 17.5 Å². The zero-order valence-electron chi connectivity index (χ0n) is 4.88. The number of hydrogen-bond donors (Lipinski definition) is 3. The number of methoxy groups -OCH3 is 1. The molecule has 0 unspecified atom stereocenters. The summed E-state index contributed by atoms with van der Waals surface area (Å²) in [7, 11) is 1.41. The lowest BCUT2D eigenvalue weighted by Crippen LogP contribution is -1.77. The Morgan fingerprint density at radius 1 is 1.56 bits per heavy atom. The summed E-state index contributed by atoms with van der Waals surface area (Å²) in [4.78, 5) is 2.24. The van der Waals surface area contributed by atoms with E-state index in [0.717, 1.165) is 0 Å². The van der Waals surface area contributed by atoms with Crippen molar-refractivity contribution in [3.05, 3.63) is 6.07 Å². The molecule has 9 heavy (non-hydrogen) atoms. The van der Waals surface area contributed by atoms with Crippen LogP contribution in [0.15, 0.2) is 6.07 Å². The molecule has 0 spiro atoms. The molecule has 4 heteroatoms. The molecule has 0 aromatic carbocycles. The van der Waals surface area contributed by atoms with Gasteiger partial charge in [0.15, 0.2) is 11.6 Å². The van der Waals surface area contributed by atoms with Gasteiger partial charge in [-0.3, -0.25) is 4.98 Å². The van der Waals surface area contributed by atoms with Crippen molar-refractivity contribution < 1.29 is 14.9 Å². The number of aromatic amines is 1. The van der Waals surface area contributed by atoms with Crippen molar-refractivity contribution in [1.82, 2.24) is 4.98 Å². The first kappa shape index (κ1) is 5.81. The lowest BCUT2D eigenvalue weighted by molar-refractivity contribution is 0.368. The third-order valence-corrected chi connectivity index (χ3v) is 0.968. The van der Waals surface area contributed by atoms with Gasteiger partial charge in [0.25, 0.3) is 0 Å². The lowest BCUT2D eigenvalue weighted by Gasteiger charge is -1.91. The van der Waals surface area contributed by atoms with Crippen molar-refractivity contribution in [2.75, 3.05) is 7.11 Å². The zero-order valence-corrected chi connectivity index (χ0v) is 4.88. The molecule has 0 saturated carbocycles. The van der Waals surface area contributed by atoms with Crippen LogP contribution in [-0.2, 0) is 0 Å². The van der Waals surface area contributed by atoms with Gasteiger partial charge in [0.2, 0.25) is 5.88 Å². The van der Waals surface area contributed by atoms with Gasteiger partial charge in [0.05, 0.1) is 7.11 Å². The van der Waals surface area contributed by atoms with Crippen LogP contribution in [0, 0.1) is 0 Å². The van der Waals surface area contributed by atoms with Crippen LogP contribution >= 0.6 is 0 Å². The van der Waals surface area contributed by atoms with Gasteiger partial charge in [0, 0.05) is 6.07 Å². The van der Waals surface area contributed by atoms with E-state index in [2.05, 4.69) is 9.72 Å². The predicted molar refractivity (Wildman–Crippen MR) is 30.7 cm³/mol. The van der Waals surface area contributed by atoms with Gasteiger partial charge in [-0.15, -0.1) is 0 Å². The fraction of sp³-hybridized carbons (Fsp3) is 0.200. The quantitative estimate of drug-likeness (QED) is 0.515. The number of hydrogen-bond acceptors (Lipinski definition) is 3. The van der Waals surface area contributed by atoms with E-state index in [1.54, 1.807) is 0 Å². The minimum absolute atomic E-state index is 0.107. The zero-order chi connectivity index (χ0) is 6.85. The highest BCUT2D eigenvalue weighted by atomic mass is 16.5. The van der Waals surface area contributed by atoms with Crippen molar-refractivity contribution >= 4 is 0 Å². The van der Waals surface area contributed by atoms with Crippen molar-refractivity contribution in [2.45, 2.75) is 0 Å². The number of rotatable bonds is 1. The highest BCUT2D eigenvalue weighted by Crippen LogP contribution is 2.28. The van der Waals surface area contributed by atoms with Crippen molar-refractivity contribution in [2.24, 2.45) is 0 Å². The molecular formula is C5H7NO3. The van der Waals surface area contributed by atoms with Gasteiger partial charge >= 0.3 is 0 Å². The number of ether oxygens (including phenoxy) is 1. The van der Waals surface area contributed by atoms with Crippen LogP contribution in [0.4, 0.5) is 0 Å². The van der Waals surface area contributed by atoms with Crippen LogP contribution in [-0.4, -0.2) is 22.3 Å². The Balaban J connectivity index is 3.01. The minimum atomic E-state index is -0.157. The van der Waals surface area contributed by atoms with Gasteiger partial charge in [-0.25, -0.2) is 0 Å². The summed E-state index contributed by atoms with van der Waals surface area (Å²) in [5, 5.41) is 17.5. The predicted octanol–water partition coefficient (Wildman–Crippen LogP) is 0.434. The number of aromatic nitrogens is 1. The van der Waals surface area contributed by atoms with Crippen LogP contribution in [0.1, 0.15) is 0 Å². The molecule has 0 aliphatic heterocycles. The van der Waals surface area contributed by atoms with Gasteiger partial charge in [-0.05, 0) is 0 Å². The van der Waals surface area contributed by atoms with E-state index in [-0.39, 0.29) is 17.5 Å². The molecule has 1 aromatic heterocycles. The number of nitrogens with one attached hydrogen (secondary N) is 1. The average Bonchev–Trinajstić information content (AvgIpc) is 2.10. The van der Waals surface area contributed by atoms with Crippen molar-refractivity contribution in [3.63, 3.8) is 0 Å². The van der Waals surface area contributed by atoms with Gasteiger partial charge in [0.1, 0.15) is 0 Å². The van der Waals surface area contributed by atoms with Crippen LogP contribution in [0.2, 0.25) is 0 Å². The van der Waals surface area contributed by atoms with Gasteiger partial charge < -0.3 is 14.9 Å². The minimum Gasteiger partial charge on any atom is -0.494 e. The third-order valence-electron chi connectivity index (χ3n) is 0.968. The van der Waals surface area contributed by atoms with Gasteiger partial charge in [-0.2, -0.15) is 0 Å². The summed E-state index contributed by atoms with van der Waals surface area (Å²) < 4.78 is 4.62.